The zero-order valence-corrected chi connectivity index (χ0v) is 11.2. The van der Waals surface area contributed by atoms with Crippen LogP contribution in [0.3, 0.4) is 0 Å². The number of carbonyl (C=O) groups excluding carboxylic acids is 1. The Hall–Kier alpha value is -0.870. The topological polar surface area (TPSA) is 41.1 Å². The van der Waals surface area contributed by atoms with Crippen molar-refractivity contribution in [1.82, 2.24) is 10.6 Å². The van der Waals surface area contributed by atoms with Crippen molar-refractivity contribution < 1.29 is 4.79 Å². The maximum atomic E-state index is 11.5. The summed E-state index contributed by atoms with van der Waals surface area (Å²) in [5.41, 5.74) is 1.11. The zero-order chi connectivity index (χ0) is 12.0. The summed E-state index contributed by atoms with van der Waals surface area (Å²) in [5.74, 6) is 0.0739. The summed E-state index contributed by atoms with van der Waals surface area (Å²) in [6.07, 6.45) is 0.511. The summed E-state index contributed by atoms with van der Waals surface area (Å²) in [5, 5.41) is 5.91. The third-order valence-corrected chi connectivity index (χ3v) is 2.88. The van der Waals surface area contributed by atoms with Crippen LogP contribution in [0.5, 0.6) is 0 Å². The highest BCUT2D eigenvalue weighted by molar-refractivity contribution is 9.10. The average molecular weight is 285 g/mol. The van der Waals surface area contributed by atoms with E-state index < -0.39 is 0 Å². The first-order valence-electron chi connectivity index (χ1n) is 5.33. The number of hydrogen-bond donors (Lipinski definition) is 2. The molecule has 88 valence electrons. The van der Waals surface area contributed by atoms with E-state index in [1.165, 1.54) is 0 Å². The van der Waals surface area contributed by atoms with E-state index in [-0.39, 0.29) is 11.9 Å². The smallest absolute Gasteiger partial charge is 0.221 e. The van der Waals surface area contributed by atoms with Crippen LogP contribution in [-0.2, 0) is 4.79 Å². The molecule has 0 saturated carbocycles. The van der Waals surface area contributed by atoms with Crippen molar-refractivity contribution in [3.63, 3.8) is 0 Å². The minimum Gasteiger partial charge on any atom is -0.350 e. The van der Waals surface area contributed by atoms with Gasteiger partial charge in [-0.2, -0.15) is 0 Å². The molecular weight excluding hydrogens is 268 g/mol. The summed E-state index contributed by atoms with van der Waals surface area (Å²) in [6, 6.07) is 8.02. The van der Waals surface area contributed by atoms with Crippen LogP contribution in [0.15, 0.2) is 28.7 Å². The van der Waals surface area contributed by atoms with Crippen molar-refractivity contribution in [2.24, 2.45) is 0 Å². The van der Waals surface area contributed by atoms with E-state index in [1.807, 2.05) is 38.2 Å². The second kappa shape index (κ2) is 6.66. The van der Waals surface area contributed by atoms with Gasteiger partial charge in [0, 0.05) is 17.4 Å². The molecule has 1 amide bonds. The molecule has 1 rings (SSSR count). The lowest BCUT2D eigenvalue weighted by Gasteiger charge is -2.14. The summed E-state index contributed by atoms with van der Waals surface area (Å²) >= 11 is 3.38. The Morgan fingerprint density at radius 1 is 1.38 bits per heavy atom. The zero-order valence-electron chi connectivity index (χ0n) is 9.59. The second-order valence-corrected chi connectivity index (χ2v) is 4.61. The van der Waals surface area contributed by atoms with Gasteiger partial charge in [0.25, 0.3) is 0 Å². The molecule has 0 spiro atoms. The molecule has 0 unspecified atom stereocenters. The Kier molecular flexibility index (Phi) is 5.49. The Morgan fingerprint density at radius 2 is 2.00 bits per heavy atom. The lowest BCUT2D eigenvalue weighted by Crippen LogP contribution is -2.28. The van der Waals surface area contributed by atoms with Gasteiger partial charge in [-0.25, -0.2) is 0 Å². The van der Waals surface area contributed by atoms with Crippen molar-refractivity contribution in [3.05, 3.63) is 34.3 Å². The second-order valence-electron chi connectivity index (χ2n) is 3.69. The van der Waals surface area contributed by atoms with Crippen LogP contribution in [0.4, 0.5) is 0 Å². The molecule has 0 saturated heterocycles. The number of hydrogen-bond acceptors (Lipinski definition) is 2. The predicted molar refractivity (Wildman–Crippen MR) is 69.2 cm³/mol. The number of rotatable bonds is 5. The number of carbonyl (C=O) groups is 1. The van der Waals surface area contributed by atoms with Gasteiger partial charge in [-0.3, -0.25) is 4.79 Å². The maximum absolute atomic E-state index is 11.5. The number of nitrogens with one attached hydrogen (secondary N) is 2. The monoisotopic (exact) mass is 284 g/mol. The van der Waals surface area contributed by atoms with Gasteiger partial charge in [-0.05, 0) is 31.7 Å². The first-order chi connectivity index (χ1) is 7.63. The maximum Gasteiger partial charge on any atom is 0.221 e. The van der Waals surface area contributed by atoms with Crippen LogP contribution in [0, 0.1) is 0 Å². The molecule has 16 heavy (non-hydrogen) atoms. The lowest BCUT2D eigenvalue weighted by molar-refractivity contribution is -0.121. The van der Waals surface area contributed by atoms with Crippen LogP contribution in [0.2, 0.25) is 0 Å². The molecule has 0 bridgehead atoms. The molecule has 0 aromatic heterocycles. The normalized spacial score (nSPS) is 12.2. The number of benzene rings is 1. The molecule has 1 aromatic rings. The van der Waals surface area contributed by atoms with E-state index in [0.717, 1.165) is 10.0 Å². The molecule has 1 aromatic carbocycles. The molecule has 0 radical (unpaired) electrons. The van der Waals surface area contributed by atoms with Crippen LogP contribution < -0.4 is 10.6 Å². The lowest BCUT2D eigenvalue weighted by atomic mass is 10.1. The average Bonchev–Trinajstić information content (AvgIpc) is 2.27. The molecule has 0 aliphatic heterocycles. The summed E-state index contributed by atoms with van der Waals surface area (Å²) < 4.78 is 1.05. The first kappa shape index (κ1) is 13.2. The summed E-state index contributed by atoms with van der Waals surface area (Å²) in [4.78, 5) is 11.5. The van der Waals surface area contributed by atoms with Crippen LogP contribution in [0.1, 0.15) is 24.9 Å². The van der Waals surface area contributed by atoms with Crippen molar-refractivity contribution in [1.29, 1.82) is 0 Å². The SMILES string of the molecule is CNCCC(=O)N[C@@H](C)c1ccc(Br)cc1. The standard InChI is InChI=1S/C12H17BrN2O/c1-9(15-12(16)7-8-14-2)10-3-5-11(13)6-4-10/h3-6,9,14H,7-8H2,1-2H3,(H,15,16)/t9-/m0/s1. The van der Waals surface area contributed by atoms with Crippen LogP contribution in [-0.4, -0.2) is 19.5 Å². The van der Waals surface area contributed by atoms with Crippen molar-refractivity contribution in [2.45, 2.75) is 19.4 Å². The Labute approximate surface area is 105 Å². The van der Waals surface area contributed by atoms with Crippen LogP contribution >= 0.6 is 15.9 Å². The van der Waals surface area contributed by atoms with Crippen molar-refractivity contribution >= 4 is 21.8 Å². The van der Waals surface area contributed by atoms with E-state index in [9.17, 15) is 4.79 Å². The van der Waals surface area contributed by atoms with Gasteiger partial charge in [0.2, 0.25) is 5.91 Å². The largest absolute Gasteiger partial charge is 0.350 e. The van der Waals surface area contributed by atoms with E-state index in [0.29, 0.717) is 13.0 Å². The van der Waals surface area contributed by atoms with E-state index in [2.05, 4.69) is 26.6 Å². The van der Waals surface area contributed by atoms with Crippen molar-refractivity contribution in [3.8, 4) is 0 Å². The molecule has 4 heteroatoms. The molecule has 0 heterocycles. The van der Waals surface area contributed by atoms with Crippen LogP contribution in [0.25, 0.3) is 0 Å². The molecular formula is C12H17BrN2O. The fourth-order valence-electron chi connectivity index (χ4n) is 1.39. The fraction of sp³-hybridized carbons (Fsp3) is 0.417. The van der Waals surface area contributed by atoms with Gasteiger partial charge < -0.3 is 10.6 Å². The number of halogens is 1. The first-order valence-corrected chi connectivity index (χ1v) is 6.12. The molecule has 3 nitrogen and oxygen atoms in total. The predicted octanol–water partition coefficient (Wildman–Crippen LogP) is 2.24. The van der Waals surface area contributed by atoms with Gasteiger partial charge in [0.1, 0.15) is 0 Å². The summed E-state index contributed by atoms with van der Waals surface area (Å²) in [6.45, 7) is 2.69. The van der Waals surface area contributed by atoms with Gasteiger partial charge in [0.15, 0.2) is 0 Å². The minimum atomic E-state index is 0.0532. The van der Waals surface area contributed by atoms with E-state index >= 15 is 0 Å². The van der Waals surface area contributed by atoms with E-state index in [4.69, 9.17) is 0 Å². The Balaban J connectivity index is 2.48. The molecule has 2 N–H and O–H groups in total. The highest BCUT2D eigenvalue weighted by atomic mass is 79.9. The molecule has 1 atom stereocenters. The third-order valence-electron chi connectivity index (χ3n) is 2.35. The molecule has 0 aliphatic rings. The van der Waals surface area contributed by atoms with Crippen molar-refractivity contribution in [2.75, 3.05) is 13.6 Å². The van der Waals surface area contributed by atoms with Gasteiger partial charge in [0.05, 0.1) is 6.04 Å². The van der Waals surface area contributed by atoms with Gasteiger partial charge in [-0.15, -0.1) is 0 Å². The molecule has 0 aliphatic carbocycles. The highest BCUT2D eigenvalue weighted by Crippen LogP contribution is 2.16. The molecule has 0 fully saturated rings. The minimum absolute atomic E-state index is 0.0532. The number of amides is 1. The fourth-order valence-corrected chi connectivity index (χ4v) is 1.65. The Bertz CT molecular complexity index is 337. The highest BCUT2D eigenvalue weighted by Gasteiger charge is 2.08. The van der Waals surface area contributed by atoms with E-state index in [1.54, 1.807) is 0 Å². The summed E-state index contributed by atoms with van der Waals surface area (Å²) in [7, 11) is 1.84. The quantitative estimate of drug-likeness (QED) is 0.871. The van der Waals surface area contributed by atoms with Gasteiger partial charge >= 0.3 is 0 Å². The Morgan fingerprint density at radius 3 is 2.56 bits per heavy atom. The van der Waals surface area contributed by atoms with Gasteiger partial charge in [-0.1, -0.05) is 28.1 Å². The third kappa shape index (κ3) is 4.33.